The maximum atomic E-state index is 13.3. The van der Waals surface area contributed by atoms with E-state index in [0.29, 0.717) is 27.7 Å². The molecule has 3 rings (SSSR count). The topological polar surface area (TPSA) is 69.5 Å². The number of benzene rings is 2. The van der Waals surface area contributed by atoms with Gasteiger partial charge in [-0.25, -0.2) is 13.8 Å². The second-order valence-corrected chi connectivity index (χ2v) is 6.56. The van der Waals surface area contributed by atoms with Crippen LogP contribution in [0.2, 0.25) is 0 Å². The van der Waals surface area contributed by atoms with E-state index < -0.39 is 11.6 Å². The van der Waals surface area contributed by atoms with Crippen LogP contribution in [0.1, 0.15) is 22.4 Å². The minimum atomic E-state index is -0.666. The number of nitrogens with one attached hydrogen (secondary N) is 1. The molecule has 0 atom stereocenters. The molecule has 3 aromatic rings. The number of aromatic nitrogens is 2. The highest BCUT2D eigenvalue weighted by Gasteiger charge is 2.07. The van der Waals surface area contributed by atoms with E-state index in [1.807, 2.05) is 12.1 Å². The molecule has 0 amide bonds. The van der Waals surface area contributed by atoms with Gasteiger partial charge in [0.25, 0.3) is 5.56 Å². The van der Waals surface area contributed by atoms with E-state index in [0.717, 1.165) is 11.6 Å². The van der Waals surface area contributed by atoms with E-state index in [1.165, 1.54) is 30.0 Å². The Morgan fingerprint density at radius 2 is 1.73 bits per heavy atom. The molecule has 4 nitrogen and oxygen atoms in total. The van der Waals surface area contributed by atoms with Gasteiger partial charge in [0, 0.05) is 24.3 Å². The van der Waals surface area contributed by atoms with Gasteiger partial charge in [-0.05, 0) is 35.4 Å². The molecule has 7 heteroatoms. The van der Waals surface area contributed by atoms with E-state index in [1.54, 1.807) is 12.1 Å². The van der Waals surface area contributed by atoms with Gasteiger partial charge < -0.3 is 4.98 Å². The van der Waals surface area contributed by atoms with Crippen molar-refractivity contribution in [3.63, 3.8) is 0 Å². The average molecular weight is 369 g/mol. The second-order valence-electron chi connectivity index (χ2n) is 5.59. The quantitative estimate of drug-likeness (QED) is 0.549. The van der Waals surface area contributed by atoms with Gasteiger partial charge in [-0.3, -0.25) is 4.79 Å². The molecule has 26 heavy (non-hydrogen) atoms. The Morgan fingerprint density at radius 3 is 2.38 bits per heavy atom. The Hall–Kier alpha value is -2.98. The Labute approximate surface area is 152 Å². The van der Waals surface area contributed by atoms with Crippen molar-refractivity contribution < 1.29 is 8.78 Å². The molecule has 1 aromatic heterocycles. The lowest BCUT2D eigenvalue weighted by Gasteiger charge is -2.05. The molecule has 0 spiro atoms. The van der Waals surface area contributed by atoms with Crippen molar-refractivity contribution in [1.82, 2.24) is 9.97 Å². The lowest BCUT2D eigenvalue weighted by Crippen LogP contribution is -2.10. The first-order chi connectivity index (χ1) is 12.5. The third kappa shape index (κ3) is 4.77. The van der Waals surface area contributed by atoms with Gasteiger partial charge >= 0.3 is 0 Å². The van der Waals surface area contributed by atoms with Crippen molar-refractivity contribution in [2.45, 2.75) is 17.3 Å². The molecular weight excluding hydrogens is 356 g/mol. The van der Waals surface area contributed by atoms with Crippen LogP contribution in [0.3, 0.4) is 0 Å². The molecule has 0 saturated carbocycles. The minimum Gasteiger partial charge on any atom is -0.301 e. The molecule has 130 valence electrons. The van der Waals surface area contributed by atoms with Crippen molar-refractivity contribution in [3.05, 3.63) is 92.9 Å². The molecule has 1 heterocycles. The van der Waals surface area contributed by atoms with Crippen molar-refractivity contribution in [3.8, 4) is 6.07 Å². The monoisotopic (exact) mass is 369 g/mol. The van der Waals surface area contributed by atoms with E-state index in [9.17, 15) is 13.6 Å². The number of nitriles is 1. The van der Waals surface area contributed by atoms with Crippen molar-refractivity contribution >= 4 is 11.8 Å². The predicted octanol–water partition coefficient (Wildman–Crippen LogP) is 3.80. The van der Waals surface area contributed by atoms with Gasteiger partial charge in [-0.1, -0.05) is 23.9 Å². The Kier molecular flexibility index (Phi) is 5.44. The number of H-pyrrole nitrogens is 1. The van der Waals surface area contributed by atoms with E-state index in [4.69, 9.17) is 5.26 Å². The van der Waals surface area contributed by atoms with Gasteiger partial charge in [0.2, 0.25) is 0 Å². The number of thioether (sulfide) groups is 1. The van der Waals surface area contributed by atoms with Crippen molar-refractivity contribution in [2.24, 2.45) is 0 Å². The average Bonchev–Trinajstić information content (AvgIpc) is 2.59. The van der Waals surface area contributed by atoms with Crippen LogP contribution in [0, 0.1) is 23.0 Å². The maximum absolute atomic E-state index is 13.3. The summed E-state index contributed by atoms with van der Waals surface area (Å²) in [5.41, 5.74) is 2.07. The number of hydrogen-bond acceptors (Lipinski definition) is 4. The molecule has 0 aliphatic heterocycles. The normalized spacial score (nSPS) is 10.5. The summed E-state index contributed by atoms with van der Waals surface area (Å²) in [4.78, 5) is 18.8. The summed E-state index contributed by atoms with van der Waals surface area (Å²) in [5.74, 6) is -0.771. The molecule has 0 saturated heterocycles. The minimum absolute atomic E-state index is 0.156. The zero-order chi connectivity index (χ0) is 18.5. The lowest BCUT2D eigenvalue weighted by atomic mass is 10.1. The molecule has 0 unspecified atom stereocenters. The first kappa shape index (κ1) is 17.8. The standard InChI is InChI=1S/C19H13F2N3OS/c20-15-5-14(6-16(21)8-15)7-17-9-18(25)24-19(23-17)26-11-13-3-1-12(10-22)2-4-13/h1-6,8-9H,7,11H2,(H,23,24,25). The molecular formula is C19H13F2N3OS. The lowest BCUT2D eigenvalue weighted by molar-refractivity contribution is 0.580. The van der Waals surface area contributed by atoms with Gasteiger partial charge in [-0.15, -0.1) is 0 Å². The molecule has 0 fully saturated rings. The summed E-state index contributed by atoms with van der Waals surface area (Å²) in [7, 11) is 0. The molecule has 0 aliphatic carbocycles. The van der Waals surface area contributed by atoms with Gasteiger partial charge in [0.05, 0.1) is 17.3 Å². The SMILES string of the molecule is N#Cc1ccc(CSc2nc(Cc3cc(F)cc(F)c3)cc(=O)[nH]2)cc1. The fraction of sp³-hybridized carbons (Fsp3) is 0.105. The molecule has 2 aromatic carbocycles. The zero-order valence-corrected chi connectivity index (χ0v) is 14.3. The zero-order valence-electron chi connectivity index (χ0n) is 13.5. The first-order valence-corrected chi connectivity index (χ1v) is 8.67. The Morgan fingerprint density at radius 1 is 1.04 bits per heavy atom. The van der Waals surface area contributed by atoms with Crippen LogP contribution in [0.5, 0.6) is 0 Å². The fourth-order valence-corrected chi connectivity index (χ4v) is 3.24. The number of aromatic amines is 1. The van der Waals surface area contributed by atoms with E-state index in [-0.39, 0.29) is 12.0 Å². The van der Waals surface area contributed by atoms with E-state index >= 15 is 0 Å². The highest BCUT2D eigenvalue weighted by atomic mass is 32.2. The smallest absolute Gasteiger partial charge is 0.251 e. The summed E-state index contributed by atoms with van der Waals surface area (Å²) in [6, 6.07) is 13.7. The van der Waals surface area contributed by atoms with Crippen LogP contribution >= 0.6 is 11.8 Å². The summed E-state index contributed by atoms with van der Waals surface area (Å²) in [6.07, 6.45) is 0.156. The summed E-state index contributed by atoms with van der Waals surface area (Å²) < 4.78 is 26.6. The largest absolute Gasteiger partial charge is 0.301 e. The summed E-state index contributed by atoms with van der Waals surface area (Å²) >= 11 is 1.33. The van der Waals surface area contributed by atoms with Crippen molar-refractivity contribution in [2.75, 3.05) is 0 Å². The van der Waals surface area contributed by atoms with Crippen molar-refractivity contribution in [1.29, 1.82) is 5.26 Å². The highest BCUT2D eigenvalue weighted by molar-refractivity contribution is 7.98. The van der Waals surface area contributed by atoms with Crippen LogP contribution in [0.4, 0.5) is 8.78 Å². The number of rotatable bonds is 5. The third-order valence-electron chi connectivity index (χ3n) is 3.54. The van der Waals surface area contributed by atoms with Gasteiger partial charge in [0.15, 0.2) is 5.16 Å². The fourth-order valence-electron chi connectivity index (χ4n) is 2.39. The third-order valence-corrected chi connectivity index (χ3v) is 4.48. The molecule has 0 radical (unpaired) electrons. The summed E-state index contributed by atoms with van der Waals surface area (Å²) in [6.45, 7) is 0. The maximum Gasteiger partial charge on any atom is 0.251 e. The van der Waals surface area contributed by atoms with Crippen LogP contribution in [0.15, 0.2) is 58.5 Å². The number of hydrogen-bond donors (Lipinski definition) is 1. The number of halogens is 2. The molecule has 0 bridgehead atoms. The van der Waals surface area contributed by atoms with Crippen LogP contribution in [-0.2, 0) is 12.2 Å². The van der Waals surface area contributed by atoms with E-state index in [2.05, 4.69) is 16.0 Å². The predicted molar refractivity (Wildman–Crippen MR) is 94.7 cm³/mol. The van der Waals surface area contributed by atoms with Crippen LogP contribution < -0.4 is 5.56 Å². The Balaban J connectivity index is 1.74. The van der Waals surface area contributed by atoms with Gasteiger partial charge in [-0.2, -0.15) is 5.26 Å². The number of nitrogens with zero attached hydrogens (tertiary/aromatic N) is 2. The first-order valence-electron chi connectivity index (χ1n) is 7.69. The summed E-state index contributed by atoms with van der Waals surface area (Å²) in [5, 5.41) is 9.23. The van der Waals surface area contributed by atoms with Gasteiger partial charge in [0.1, 0.15) is 11.6 Å². The van der Waals surface area contributed by atoms with Crippen LogP contribution in [-0.4, -0.2) is 9.97 Å². The molecule has 0 aliphatic rings. The molecule has 1 N–H and O–H groups in total. The Bertz CT molecular complexity index is 1010. The highest BCUT2D eigenvalue weighted by Crippen LogP contribution is 2.19. The van der Waals surface area contributed by atoms with Crippen LogP contribution in [0.25, 0.3) is 0 Å². The second kappa shape index (κ2) is 7.93.